The topological polar surface area (TPSA) is 20.3 Å². The summed E-state index contributed by atoms with van der Waals surface area (Å²) in [4.78, 5) is 15.1. The summed E-state index contributed by atoms with van der Waals surface area (Å²) in [6.07, 6.45) is 1.99. The first-order valence-electron chi connectivity index (χ1n) is 8.18. The largest absolute Gasteiger partial charge is 0.337 e. The summed E-state index contributed by atoms with van der Waals surface area (Å²) in [5, 5.41) is 0.804. The summed E-state index contributed by atoms with van der Waals surface area (Å²) >= 11 is 6.37. The molecular weight excluding hydrogens is 306 g/mol. The molecule has 4 rings (SSSR count). The Bertz CT molecular complexity index is 757. The van der Waals surface area contributed by atoms with E-state index in [-0.39, 0.29) is 17.2 Å². The molecular formula is C20H20ClNO. The van der Waals surface area contributed by atoms with Gasteiger partial charge in [-0.25, -0.2) is 0 Å². The number of halogens is 1. The molecule has 1 heterocycles. The van der Waals surface area contributed by atoms with Crippen molar-refractivity contribution in [1.29, 1.82) is 0 Å². The van der Waals surface area contributed by atoms with Gasteiger partial charge in [-0.3, -0.25) is 4.79 Å². The molecule has 23 heavy (non-hydrogen) atoms. The lowest BCUT2D eigenvalue weighted by molar-refractivity contribution is -0.129. The average Bonchev–Trinajstić information content (AvgIpc) is 2.80. The fourth-order valence-corrected chi connectivity index (χ4v) is 4.55. The Labute approximate surface area is 142 Å². The molecule has 1 aliphatic carbocycles. The van der Waals surface area contributed by atoms with E-state index in [0.29, 0.717) is 6.54 Å². The summed E-state index contributed by atoms with van der Waals surface area (Å²) in [6.45, 7) is 3.78. The minimum atomic E-state index is -0.0475. The predicted molar refractivity (Wildman–Crippen MR) is 92.5 cm³/mol. The van der Waals surface area contributed by atoms with E-state index >= 15 is 0 Å². The molecule has 2 aliphatic rings. The molecule has 2 nitrogen and oxygen atoms in total. The van der Waals surface area contributed by atoms with Crippen LogP contribution in [0.5, 0.6) is 0 Å². The van der Waals surface area contributed by atoms with Crippen molar-refractivity contribution in [2.45, 2.75) is 32.2 Å². The van der Waals surface area contributed by atoms with Crippen LogP contribution in [0.2, 0.25) is 5.02 Å². The highest BCUT2D eigenvalue weighted by molar-refractivity contribution is 6.31. The normalized spacial score (nSPS) is 26.1. The molecule has 2 aromatic carbocycles. The predicted octanol–water partition coefficient (Wildman–Crippen LogP) is 4.42. The third-order valence-corrected chi connectivity index (χ3v) is 5.79. The molecule has 0 spiro atoms. The number of hydrogen-bond acceptors (Lipinski definition) is 1. The second-order valence-electron chi connectivity index (χ2n) is 7.07. The van der Waals surface area contributed by atoms with Gasteiger partial charge in [0.25, 0.3) is 0 Å². The van der Waals surface area contributed by atoms with Crippen molar-refractivity contribution in [2.24, 2.45) is 5.41 Å². The fourth-order valence-electron chi connectivity index (χ4n) is 4.28. The molecule has 0 aromatic heterocycles. The van der Waals surface area contributed by atoms with Crippen molar-refractivity contribution in [3.63, 3.8) is 0 Å². The number of hydrogen-bond donors (Lipinski definition) is 0. The standard InChI is InChI=1S/C20H20ClNO/c1-20-11-10-15-16(8-5-9-17(15)21)18(20)19(23)22(13-20)12-14-6-3-2-4-7-14/h2-9,18H,10-13H2,1H3/t18-,20+/m0/s1. The van der Waals surface area contributed by atoms with Gasteiger partial charge < -0.3 is 4.90 Å². The van der Waals surface area contributed by atoms with Crippen molar-refractivity contribution in [3.8, 4) is 0 Å². The molecule has 1 amide bonds. The van der Waals surface area contributed by atoms with E-state index in [1.54, 1.807) is 0 Å². The van der Waals surface area contributed by atoms with Crippen LogP contribution in [0.1, 0.15) is 36.0 Å². The van der Waals surface area contributed by atoms with Gasteiger partial charge in [-0.15, -0.1) is 0 Å². The van der Waals surface area contributed by atoms with Crippen LogP contribution in [0.4, 0.5) is 0 Å². The van der Waals surface area contributed by atoms with Gasteiger partial charge >= 0.3 is 0 Å². The average molecular weight is 326 g/mol. The zero-order valence-corrected chi connectivity index (χ0v) is 14.0. The second-order valence-corrected chi connectivity index (χ2v) is 7.48. The smallest absolute Gasteiger partial charge is 0.231 e. The van der Waals surface area contributed by atoms with Gasteiger partial charge in [0.05, 0.1) is 5.92 Å². The van der Waals surface area contributed by atoms with E-state index in [1.807, 2.05) is 35.2 Å². The molecule has 2 atom stereocenters. The minimum Gasteiger partial charge on any atom is -0.337 e. The van der Waals surface area contributed by atoms with Gasteiger partial charge in [-0.1, -0.05) is 61.0 Å². The molecule has 0 radical (unpaired) electrons. The fraction of sp³-hybridized carbons (Fsp3) is 0.350. The highest BCUT2D eigenvalue weighted by Gasteiger charge is 2.52. The highest BCUT2D eigenvalue weighted by atomic mass is 35.5. The number of rotatable bonds is 2. The van der Waals surface area contributed by atoms with Gasteiger partial charge in [-0.2, -0.15) is 0 Å². The van der Waals surface area contributed by atoms with Crippen LogP contribution in [-0.4, -0.2) is 17.4 Å². The van der Waals surface area contributed by atoms with Crippen molar-refractivity contribution >= 4 is 17.5 Å². The molecule has 0 unspecified atom stereocenters. The summed E-state index contributed by atoms with van der Waals surface area (Å²) in [5.41, 5.74) is 3.52. The van der Waals surface area contributed by atoms with E-state index in [0.717, 1.165) is 30.0 Å². The van der Waals surface area contributed by atoms with Crippen LogP contribution in [0, 0.1) is 5.41 Å². The van der Waals surface area contributed by atoms with E-state index in [4.69, 9.17) is 11.6 Å². The van der Waals surface area contributed by atoms with Crippen LogP contribution >= 0.6 is 11.6 Å². The van der Waals surface area contributed by atoms with Crippen LogP contribution < -0.4 is 0 Å². The first kappa shape index (κ1) is 14.8. The van der Waals surface area contributed by atoms with E-state index in [2.05, 4.69) is 25.1 Å². The lowest BCUT2D eigenvalue weighted by Crippen LogP contribution is -2.31. The molecule has 1 aliphatic heterocycles. The van der Waals surface area contributed by atoms with Crippen LogP contribution in [-0.2, 0) is 17.8 Å². The molecule has 118 valence electrons. The van der Waals surface area contributed by atoms with Crippen molar-refractivity contribution < 1.29 is 4.79 Å². The summed E-state index contributed by atoms with van der Waals surface area (Å²) in [6, 6.07) is 16.2. The van der Waals surface area contributed by atoms with E-state index in [9.17, 15) is 4.79 Å². The number of amides is 1. The number of nitrogens with zero attached hydrogens (tertiary/aromatic N) is 1. The van der Waals surface area contributed by atoms with E-state index in [1.165, 1.54) is 11.1 Å². The zero-order chi connectivity index (χ0) is 16.0. The van der Waals surface area contributed by atoms with Gasteiger partial charge in [-0.05, 0) is 35.6 Å². The molecule has 0 bridgehead atoms. The third-order valence-electron chi connectivity index (χ3n) is 5.44. The van der Waals surface area contributed by atoms with Gasteiger partial charge in [0.2, 0.25) is 5.91 Å². The van der Waals surface area contributed by atoms with Crippen LogP contribution in [0.25, 0.3) is 0 Å². The Kier molecular flexibility index (Phi) is 3.46. The van der Waals surface area contributed by atoms with E-state index < -0.39 is 0 Å². The first-order chi connectivity index (χ1) is 11.1. The van der Waals surface area contributed by atoms with Crippen molar-refractivity contribution in [1.82, 2.24) is 4.90 Å². The highest BCUT2D eigenvalue weighted by Crippen LogP contribution is 2.52. The maximum absolute atomic E-state index is 13.1. The maximum atomic E-state index is 13.1. The third kappa shape index (κ3) is 2.36. The van der Waals surface area contributed by atoms with Gasteiger partial charge in [0.1, 0.15) is 0 Å². The second kappa shape index (κ2) is 5.38. The van der Waals surface area contributed by atoms with Crippen LogP contribution in [0.15, 0.2) is 48.5 Å². The number of fused-ring (bicyclic) bond motifs is 3. The zero-order valence-electron chi connectivity index (χ0n) is 13.3. The van der Waals surface area contributed by atoms with Crippen LogP contribution in [0.3, 0.4) is 0 Å². The summed E-state index contributed by atoms with van der Waals surface area (Å²) in [7, 11) is 0. The Morgan fingerprint density at radius 1 is 1.17 bits per heavy atom. The number of likely N-dealkylation sites (tertiary alicyclic amines) is 1. The first-order valence-corrected chi connectivity index (χ1v) is 8.56. The molecule has 2 aromatic rings. The number of benzene rings is 2. The minimum absolute atomic E-state index is 0.0174. The van der Waals surface area contributed by atoms with Gasteiger partial charge in [0.15, 0.2) is 0 Å². The Morgan fingerprint density at radius 2 is 1.96 bits per heavy atom. The lowest BCUT2D eigenvalue weighted by Gasteiger charge is -2.35. The Morgan fingerprint density at radius 3 is 2.74 bits per heavy atom. The number of carbonyl (C=O) groups is 1. The SMILES string of the molecule is C[C@]12CCc3c(Cl)cccc3[C@H]1C(=O)N(Cc1ccccc1)C2. The Hall–Kier alpha value is -1.80. The van der Waals surface area contributed by atoms with Crippen molar-refractivity contribution in [2.75, 3.05) is 6.54 Å². The molecule has 0 N–H and O–H groups in total. The molecule has 1 saturated heterocycles. The maximum Gasteiger partial charge on any atom is 0.231 e. The molecule has 1 fully saturated rings. The Balaban J connectivity index is 1.69. The lowest BCUT2D eigenvalue weighted by atomic mass is 9.67. The van der Waals surface area contributed by atoms with Gasteiger partial charge in [0, 0.05) is 23.5 Å². The monoisotopic (exact) mass is 325 g/mol. The van der Waals surface area contributed by atoms with Crippen molar-refractivity contribution in [3.05, 3.63) is 70.2 Å². The summed E-state index contributed by atoms with van der Waals surface area (Å²) < 4.78 is 0. The molecule has 0 saturated carbocycles. The quantitative estimate of drug-likeness (QED) is 0.800. The molecule has 3 heteroatoms. The number of carbonyl (C=O) groups excluding carboxylic acids is 1. The summed E-state index contributed by atoms with van der Waals surface area (Å²) in [5.74, 6) is 0.202.